The summed E-state index contributed by atoms with van der Waals surface area (Å²) in [6.07, 6.45) is -9.52. The molecule has 0 bridgehead atoms. The van der Waals surface area contributed by atoms with Gasteiger partial charge < -0.3 is 5.32 Å². The molecule has 102 valence electrons. The Bertz CT molecular complexity index is 253. The van der Waals surface area contributed by atoms with Crippen LogP contribution in [0.4, 0.5) is 26.3 Å². The van der Waals surface area contributed by atoms with Gasteiger partial charge in [0.25, 0.3) is 0 Å². The van der Waals surface area contributed by atoms with Gasteiger partial charge in [-0.05, 0) is 32.6 Å². The molecule has 1 aliphatic rings. The Labute approximate surface area is 95.6 Å². The fourth-order valence-electron chi connectivity index (χ4n) is 1.79. The molecule has 1 unspecified atom stereocenters. The second kappa shape index (κ2) is 4.66. The van der Waals surface area contributed by atoms with Crippen LogP contribution in [0.3, 0.4) is 0 Å². The first kappa shape index (κ1) is 14.6. The van der Waals surface area contributed by atoms with E-state index < -0.39 is 30.4 Å². The van der Waals surface area contributed by atoms with Gasteiger partial charge in [0.2, 0.25) is 0 Å². The maximum absolute atomic E-state index is 12.5. The summed E-state index contributed by atoms with van der Waals surface area (Å²) in [4.78, 5) is 0. The minimum Gasteiger partial charge on any atom is -0.301 e. The molecule has 0 aromatic carbocycles. The molecule has 0 radical (unpaired) electrons. The van der Waals surface area contributed by atoms with Crippen LogP contribution in [0.25, 0.3) is 0 Å². The van der Waals surface area contributed by atoms with Gasteiger partial charge in [-0.25, -0.2) is 0 Å². The van der Waals surface area contributed by atoms with Crippen LogP contribution >= 0.6 is 0 Å². The lowest BCUT2D eigenvalue weighted by atomic mass is 10.1. The van der Waals surface area contributed by atoms with Crippen molar-refractivity contribution in [3.63, 3.8) is 0 Å². The Kier molecular flexibility index (Phi) is 4.01. The zero-order valence-corrected chi connectivity index (χ0v) is 9.38. The highest BCUT2D eigenvalue weighted by Crippen LogP contribution is 2.49. The van der Waals surface area contributed by atoms with Gasteiger partial charge in [-0.15, -0.1) is 0 Å². The van der Waals surface area contributed by atoms with Crippen molar-refractivity contribution in [2.45, 2.75) is 63.0 Å². The molecule has 1 saturated carbocycles. The summed E-state index contributed by atoms with van der Waals surface area (Å²) in [6, 6.07) is -0.554. The van der Waals surface area contributed by atoms with E-state index in [1.165, 1.54) is 6.92 Å². The molecule has 0 amide bonds. The summed E-state index contributed by atoms with van der Waals surface area (Å²) < 4.78 is 73.1. The number of alkyl halides is 6. The van der Waals surface area contributed by atoms with Gasteiger partial charge in [0.1, 0.15) is 5.54 Å². The third-order valence-corrected chi connectivity index (χ3v) is 2.91. The summed E-state index contributed by atoms with van der Waals surface area (Å²) in [7, 11) is 0. The molecule has 0 saturated heterocycles. The smallest absolute Gasteiger partial charge is 0.301 e. The highest BCUT2D eigenvalue weighted by molar-refractivity contribution is 5.08. The van der Waals surface area contributed by atoms with Crippen LogP contribution in [0.1, 0.15) is 39.0 Å². The molecule has 0 aromatic rings. The first-order chi connectivity index (χ1) is 7.56. The average Bonchev–Trinajstić information content (AvgIpc) is 2.81. The predicted molar refractivity (Wildman–Crippen MR) is 50.5 cm³/mol. The van der Waals surface area contributed by atoms with Crippen LogP contribution in [0.2, 0.25) is 0 Å². The summed E-state index contributed by atoms with van der Waals surface area (Å²) >= 11 is 0. The Morgan fingerprint density at radius 3 is 2.00 bits per heavy atom. The van der Waals surface area contributed by atoms with Crippen LogP contribution in [0.15, 0.2) is 0 Å². The zero-order chi connectivity index (χ0) is 13.3. The first-order valence-corrected chi connectivity index (χ1v) is 5.47. The Balaban J connectivity index is 2.29. The SMILES string of the molecule is CC(CCCC(F)(F)F)NC1(C(F)(F)F)CC1. The van der Waals surface area contributed by atoms with Crippen molar-refractivity contribution in [1.82, 2.24) is 5.32 Å². The van der Waals surface area contributed by atoms with Crippen molar-refractivity contribution in [2.75, 3.05) is 0 Å². The van der Waals surface area contributed by atoms with Crippen molar-refractivity contribution in [3.8, 4) is 0 Å². The van der Waals surface area contributed by atoms with Gasteiger partial charge >= 0.3 is 12.4 Å². The minimum absolute atomic E-state index is 0.0140. The maximum atomic E-state index is 12.5. The number of halogens is 6. The van der Waals surface area contributed by atoms with E-state index in [0.29, 0.717) is 0 Å². The van der Waals surface area contributed by atoms with Crippen LogP contribution in [-0.2, 0) is 0 Å². The Morgan fingerprint density at radius 1 is 1.12 bits per heavy atom. The predicted octanol–water partition coefficient (Wildman–Crippen LogP) is 3.79. The fraction of sp³-hybridized carbons (Fsp3) is 1.00. The highest BCUT2D eigenvalue weighted by Gasteiger charge is 2.63. The maximum Gasteiger partial charge on any atom is 0.406 e. The van der Waals surface area contributed by atoms with Crippen LogP contribution in [0, 0.1) is 0 Å². The van der Waals surface area contributed by atoms with E-state index in [2.05, 4.69) is 5.32 Å². The second-order valence-corrected chi connectivity index (χ2v) is 4.63. The summed E-state index contributed by atoms with van der Waals surface area (Å²) in [5.74, 6) is 0. The molecule has 1 nitrogen and oxygen atoms in total. The summed E-state index contributed by atoms with van der Waals surface area (Å²) in [5, 5.41) is 2.40. The molecule has 0 aromatic heterocycles. The molecule has 1 aliphatic carbocycles. The van der Waals surface area contributed by atoms with Crippen molar-refractivity contribution >= 4 is 0 Å². The number of hydrogen-bond donors (Lipinski definition) is 1. The molecule has 0 spiro atoms. The number of nitrogens with one attached hydrogen (secondary N) is 1. The van der Waals surface area contributed by atoms with Crippen molar-refractivity contribution in [2.24, 2.45) is 0 Å². The average molecular weight is 263 g/mol. The van der Waals surface area contributed by atoms with Crippen LogP contribution in [-0.4, -0.2) is 23.9 Å². The normalized spacial score (nSPS) is 21.4. The number of rotatable bonds is 5. The topological polar surface area (TPSA) is 12.0 Å². The Morgan fingerprint density at radius 2 is 1.65 bits per heavy atom. The Hall–Kier alpha value is -0.460. The molecular weight excluding hydrogens is 248 g/mol. The quantitative estimate of drug-likeness (QED) is 0.744. The molecule has 0 aliphatic heterocycles. The van der Waals surface area contributed by atoms with E-state index in [0.717, 1.165) is 0 Å². The van der Waals surface area contributed by atoms with Crippen molar-refractivity contribution < 1.29 is 26.3 Å². The van der Waals surface area contributed by atoms with E-state index in [-0.39, 0.29) is 25.7 Å². The zero-order valence-electron chi connectivity index (χ0n) is 9.38. The van der Waals surface area contributed by atoms with Crippen molar-refractivity contribution in [3.05, 3.63) is 0 Å². The third kappa shape index (κ3) is 4.37. The van der Waals surface area contributed by atoms with E-state index >= 15 is 0 Å². The molecule has 1 fully saturated rings. The summed E-state index contributed by atoms with van der Waals surface area (Å²) in [6.45, 7) is 1.49. The molecule has 1 rings (SSSR count). The van der Waals surface area contributed by atoms with Gasteiger partial charge in [-0.3, -0.25) is 0 Å². The standard InChI is InChI=1S/C10H15F6N/c1-7(3-2-4-9(11,12)13)17-8(5-6-8)10(14,15)16/h7,17H,2-6H2,1H3. The molecular formula is C10H15F6N. The lowest BCUT2D eigenvalue weighted by molar-refractivity contribution is -0.168. The largest absolute Gasteiger partial charge is 0.406 e. The molecule has 7 heteroatoms. The van der Waals surface area contributed by atoms with E-state index in [1.54, 1.807) is 0 Å². The van der Waals surface area contributed by atoms with Gasteiger partial charge in [-0.1, -0.05) is 0 Å². The highest BCUT2D eigenvalue weighted by atomic mass is 19.4. The van der Waals surface area contributed by atoms with E-state index in [4.69, 9.17) is 0 Å². The lowest BCUT2D eigenvalue weighted by Crippen LogP contribution is -2.48. The third-order valence-electron chi connectivity index (χ3n) is 2.91. The minimum atomic E-state index is -4.31. The molecule has 17 heavy (non-hydrogen) atoms. The molecule has 1 N–H and O–H groups in total. The summed E-state index contributed by atoms with van der Waals surface area (Å²) in [5.41, 5.74) is -1.84. The van der Waals surface area contributed by atoms with Gasteiger partial charge in [-0.2, -0.15) is 26.3 Å². The fourth-order valence-corrected chi connectivity index (χ4v) is 1.79. The van der Waals surface area contributed by atoms with Gasteiger partial charge in [0.15, 0.2) is 0 Å². The first-order valence-electron chi connectivity index (χ1n) is 5.47. The van der Waals surface area contributed by atoms with Crippen LogP contribution in [0.5, 0.6) is 0 Å². The van der Waals surface area contributed by atoms with Gasteiger partial charge in [0.05, 0.1) is 0 Å². The monoisotopic (exact) mass is 263 g/mol. The van der Waals surface area contributed by atoms with Crippen LogP contribution < -0.4 is 5.32 Å². The second-order valence-electron chi connectivity index (χ2n) is 4.63. The molecule has 1 atom stereocenters. The van der Waals surface area contributed by atoms with E-state index in [1.807, 2.05) is 0 Å². The number of hydrogen-bond acceptors (Lipinski definition) is 1. The van der Waals surface area contributed by atoms with E-state index in [9.17, 15) is 26.3 Å². The van der Waals surface area contributed by atoms with Crippen molar-refractivity contribution in [1.29, 1.82) is 0 Å². The van der Waals surface area contributed by atoms with Gasteiger partial charge in [0, 0.05) is 12.5 Å². The molecule has 0 heterocycles. The lowest BCUT2D eigenvalue weighted by Gasteiger charge is -2.25.